The predicted molar refractivity (Wildman–Crippen MR) is 81.5 cm³/mol. The fraction of sp³-hybridized carbons (Fsp3) is 0.333. The van der Waals surface area contributed by atoms with Crippen molar-refractivity contribution < 1.29 is 0 Å². The van der Waals surface area contributed by atoms with Crippen LogP contribution in [0.5, 0.6) is 0 Å². The number of pyridine rings is 1. The molecule has 1 aromatic heterocycles. The molecule has 2 rings (SSSR count). The molecule has 2 heteroatoms. The first kappa shape index (κ1) is 14.3. The van der Waals surface area contributed by atoms with E-state index in [2.05, 4.69) is 42.2 Å². The largest absolute Gasteiger partial charge is 0.260 e. The first-order valence-corrected chi connectivity index (χ1v) is 7.15. The van der Waals surface area contributed by atoms with E-state index in [1.807, 2.05) is 19.1 Å². The minimum absolute atomic E-state index is 0.468. The third kappa shape index (κ3) is 3.45. The molecule has 102 valence electrons. The number of nitriles is 1. The van der Waals surface area contributed by atoms with E-state index < -0.39 is 0 Å². The van der Waals surface area contributed by atoms with E-state index in [1.165, 1.54) is 5.56 Å². The second kappa shape index (κ2) is 6.86. The maximum Gasteiger partial charge on any atom is 0.101 e. The molecular formula is C18H20N2. The van der Waals surface area contributed by atoms with Gasteiger partial charge in [0.05, 0.1) is 5.56 Å². The van der Waals surface area contributed by atoms with Gasteiger partial charge in [-0.2, -0.15) is 5.26 Å². The van der Waals surface area contributed by atoms with Crippen LogP contribution in [-0.4, -0.2) is 4.98 Å². The normalized spacial score (nSPS) is 11.8. The Balaban J connectivity index is 2.29. The summed E-state index contributed by atoms with van der Waals surface area (Å²) in [6.45, 7) is 4.18. The number of benzene rings is 1. The highest BCUT2D eigenvalue weighted by atomic mass is 14.7. The molecule has 1 aromatic carbocycles. The van der Waals surface area contributed by atoms with Gasteiger partial charge >= 0.3 is 0 Å². The monoisotopic (exact) mass is 264 g/mol. The van der Waals surface area contributed by atoms with Crippen molar-refractivity contribution in [2.24, 2.45) is 0 Å². The van der Waals surface area contributed by atoms with Crippen molar-refractivity contribution in [2.45, 2.75) is 39.0 Å². The Hall–Kier alpha value is -2.14. The average Bonchev–Trinajstić information content (AvgIpc) is 2.48. The minimum Gasteiger partial charge on any atom is -0.260 e. The molecule has 0 fully saturated rings. The van der Waals surface area contributed by atoms with Gasteiger partial charge in [0.1, 0.15) is 6.07 Å². The van der Waals surface area contributed by atoms with Crippen LogP contribution in [0.2, 0.25) is 0 Å². The third-order valence-electron chi connectivity index (χ3n) is 3.62. The molecule has 0 saturated carbocycles. The lowest BCUT2D eigenvalue weighted by Crippen LogP contribution is -2.05. The molecule has 2 nitrogen and oxygen atoms in total. The van der Waals surface area contributed by atoms with Gasteiger partial charge in [0.2, 0.25) is 0 Å². The molecule has 0 radical (unpaired) electrons. The molecule has 0 aliphatic carbocycles. The van der Waals surface area contributed by atoms with Gasteiger partial charge in [0.25, 0.3) is 0 Å². The van der Waals surface area contributed by atoms with E-state index in [0.29, 0.717) is 11.5 Å². The fourth-order valence-corrected chi connectivity index (χ4v) is 2.61. The number of rotatable bonds is 5. The summed E-state index contributed by atoms with van der Waals surface area (Å²) in [7, 11) is 0. The smallest absolute Gasteiger partial charge is 0.101 e. The first-order valence-electron chi connectivity index (χ1n) is 7.15. The second-order valence-electron chi connectivity index (χ2n) is 5.20. The SMILES string of the molecule is CCCC(Cc1cc(C)ncc1C#N)c1ccccc1. The molecular weight excluding hydrogens is 244 g/mol. The van der Waals surface area contributed by atoms with Crippen molar-refractivity contribution in [2.75, 3.05) is 0 Å². The first-order chi connectivity index (χ1) is 9.74. The molecule has 0 bridgehead atoms. The van der Waals surface area contributed by atoms with Gasteiger partial charge in [-0.3, -0.25) is 4.98 Å². The van der Waals surface area contributed by atoms with Gasteiger partial charge in [-0.1, -0.05) is 43.7 Å². The summed E-state index contributed by atoms with van der Waals surface area (Å²) in [4.78, 5) is 4.21. The Morgan fingerprint density at radius 1 is 1.25 bits per heavy atom. The number of aromatic nitrogens is 1. The predicted octanol–water partition coefficient (Wildman–Crippen LogP) is 4.39. The van der Waals surface area contributed by atoms with Gasteiger partial charge in [-0.15, -0.1) is 0 Å². The Kier molecular flexibility index (Phi) is 4.90. The summed E-state index contributed by atoms with van der Waals surface area (Å²) in [5.41, 5.74) is 4.14. The summed E-state index contributed by atoms with van der Waals surface area (Å²) in [5.74, 6) is 0.468. The van der Waals surface area contributed by atoms with Gasteiger partial charge in [0, 0.05) is 11.9 Å². The van der Waals surface area contributed by atoms with Gasteiger partial charge in [-0.05, 0) is 42.9 Å². The number of aryl methyl sites for hydroxylation is 1. The number of hydrogen-bond donors (Lipinski definition) is 0. The molecule has 0 saturated heterocycles. The Bertz CT molecular complexity index is 597. The lowest BCUT2D eigenvalue weighted by molar-refractivity contribution is 0.609. The lowest BCUT2D eigenvalue weighted by atomic mass is 9.87. The standard InChI is InChI=1S/C18H20N2/c1-3-7-16(15-8-5-4-6-9-15)11-17-10-14(2)20-13-18(17)12-19/h4-6,8-10,13,16H,3,7,11H2,1-2H3. The van der Waals surface area contributed by atoms with Gasteiger partial charge < -0.3 is 0 Å². The second-order valence-corrected chi connectivity index (χ2v) is 5.20. The quantitative estimate of drug-likeness (QED) is 0.803. The zero-order valence-electron chi connectivity index (χ0n) is 12.1. The van der Waals surface area contributed by atoms with E-state index in [-0.39, 0.29) is 0 Å². The maximum atomic E-state index is 9.23. The molecule has 1 atom stereocenters. The minimum atomic E-state index is 0.468. The maximum absolute atomic E-state index is 9.23. The van der Waals surface area contributed by atoms with Crippen molar-refractivity contribution >= 4 is 0 Å². The summed E-state index contributed by atoms with van der Waals surface area (Å²) in [5, 5.41) is 9.23. The highest BCUT2D eigenvalue weighted by molar-refractivity contribution is 5.38. The van der Waals surface area contributed by atoms with E-state index in [1.54, 1.807) is 6.20 Å². The van der Waals surface area contributed by atoms with E-state index in [4.69, 9.17) is 0 Å². The zero-order valence-corrected chi connectivity index (χ0v) is 12.1. The van der Waals surface area contributed by atoms with Crippen molar-refractivity contribution in [3.63, 3.8) is 0 Å². The van der Waals surface area contributed by atoms with Crippen LogP contribution in [0.15, 0.2) is 42.6 Å². The molecule has 1 heterocycles. The van der Waals surface area contributed by atoms with Crippen LogP contribution in [0.1, 0.15) is 48.1 Å². The Morgan fingerprint density at radius 3 is 2.65 bits per heavy atom. The van der Waals surface area contributed by atoms with E-state index >= 15 is 0 Å². The molecule has 20 heavy (non-hydrogen) atoms. The van der Waals surface area contributed by atoms with E-state index in [9.17, 15) is 5.26 Å². The molecule has 0 aliphatic heterocycles. The van der Waals surface area contributed by atoms with Crippen LogP contribution in [0.4, 0.5) is 0 Å². The molecule has 0 amide bonds. The van der Waals surface area contributed by atoms with Crippen LogP contribution >= 0.6 is 0 Å². The van der Waals surface area contributed by atoms with Crippen LogP contribution in [0.3, 0.4) is 0 Å². The highest BCUT2D eigenvalue weighted by Crippen LogP contribution is 2.27. The zero-order chi connectivity index (χ0) is 14.4. The van der Waals surface area contributed by atoms with Crippen LogP contribution < -0.4 is 0 Å². The molecule has 1 unspecified atom stereocenters. The molecule has 0 spiro atoms. The topological polar surface area (TPSA) is 36.7 Å². The number of nitrogens with zero attached hydrogens (tertiary/aromatic N) is 2. The summed E-state index contributed by atoms with van der Waals surface area (Å²) in [6.07, 6.45) is 4.88. The third-order valence-corrected chi connectivity index (χ3v) is 3.62. The van der Waals surface area contributed by atoms with Gasteiger partial charge in [0.15, 0.2) is 0 Å². The summed E-state index contributed by atoms with van der Waals surface area (Å²) >= 11 is 0. The Labute approximate surface area is 121 Å². The lowest BCUT2D eigenvalue weighted by Gasteiger charge is -2.17. The molecule has 0 N–H and O–H groups in total. The van der Waals surface area contributed by atoms with Crippen LogP contribution in [0, 0.1) is 18.3 Å². The van der Waals surface area contributed by atoms with Gasteiger partial charge in [-0.25, -0.2) is 0 Å². The van der Waals surface area contributed by atoms with Crippen molar-refractivity contribution in [3.8, 4) is 6.07 Å². The van der Waals surface area contributed by atoms with Crippen molar-refractivity contribution in [3.05, 3.63) is 65.0 Å². The van der Waals surface area contributed by atoms with Crippen molar-refractivity contribution in [1.29, 1.82) is 5.26 Å². The summed E-state index contributed by atoms with van der Waals surface area (Å²) < 4.78 is 0. The Morgan fingerprint density at radius 2 is 2.00 bits per heavy atom. The average molecular weight is 264 g/mol. The fourth-order valence-electron chi connectivity index (χ4n) is 2.61. The van der Waals surface area contributed by atoms with Crippen LogP contribution in [0.25, 0.3) is 0 Å². The van der Waals surface area contributed by atoms with E-state index in [0.717, 1.165) is 30.5 Å². The summed E-state index contributed by atoms with van der Waals surface area (Å²) in [6, 6.07) is 14.9. The molecule has 2 aromatic rings. The van der Waals surface area contributed by atoms with Crippen molar-refractivity contribution in [1.82, 2.24) is 4.98 Å². The highest BCUT2D eigenvalue weighted by Gasteiger charge is 2.14. The van der Waals surface area contributed by atoms with Crippen LogP contribution in [-0.2, 0) is 6.42 Å². The molecule has 0 aliphatic rings. The number of hydrogen-bond acceptors (Lipinski definition) is 2.